The number of amides is 4. The van der Waals surface area contributed by atoms with Gasteiger partial charge in [0.05, 0.1) is 12.1 Å². The SMILES string of the molecule is CC1(C)C(=O)NC(=O)N1CC(=O)NC1c2ccccc2CC1O. The van der Waals surface area contributed by atoms with E-state index in [-0.39, 0.29) is 6.54 Å². The number of aliphatic hydroxyl groups excluding tert-OH is 1. The molecule has 1 aromatic rings. The Morgan fingerprint density at radius 2 is 2.09 bits per heavy atom. The van der Waals surface area contributed by atoms with Crippen molar-refractivity contribution >= 4 is 17.8 Å². The Labute approximate surface area is 133 Å². The number of nitrogens with one attached hydrogen (secondary N) is 2. The number of hydrogen-bond donors (Lipinski definition) is 3. The van der Waals surface area contributed by atoms with Crippen molar-refractivity contribution in [3.05, 3.63) is 35.4 Å². The minimum Gasteiger partial charge on any atom is -0.390 e. The van der Waals surface area contributed by atoms with Crippen LogP contribution in [0, 0.1) is 0 Å². The van der Waals surface area contributed by atoms with Gasteiger partial charge in [0.2, 0.25) is 5.91 Å². The van der Waals surface area contributed by atoms with Crippen LogP contribution in [0.25, 0.3) is 0 Å². The topological polar surface area (TPSA) is 98.7 Å². The van der Waals surface area contributed by atoms with Crippen LogP contribution in [0.5, 0.6) is 0 Å². The van der Waals surface area contributed by atoms with Crippen molar-refractivity contribution in [1.29, 1.82) is 0 Å². The Morgan fingerprint density at radius 3 is 2.74 bits per heavy atom. The summed E-state index contributed by atoms with van der Waals surface area (Å²) in [6.45, 7) is 2.93. The summed E-state index contributed by atoms with van der Waals surface area (Å²) in [6.07, 6.45) is -0.214. The molecule has 1 aromatic carbocycles. The molecule has 0 radical (unpaired) electrons. The van der Waals surface area contributed by atoms with Crippen LogP contribution >= 0.6 is 0 Å². The monoisotopic (exact) mass is 317 g/mol. The number of imide groups is 1. The highest BCUT2D eigenvalue weighted by atomic mass is 16.3. The van der Waals surface area contributed by atoms with Gasteiger partial charge in [0, 0.05) is 6.42 Å². The van der Waals surface area contributed by atoms with Gasteiger partial charge in [-0.15, -0.1) is 0 Å². The van der Waals surface area contributed by atoms with Gasteiger partial charge in [-0.2, -0.15) is 0 Å². The second kappa shape index (κ2) is 5.34. The fourth-order valence-electron chi connectivity index (χ4n) is 3.07. The third-order valence-corrected chi connectivity index (χ3v) is 4.52. The van der Waals surface area contributed by atoms with E-state index in [1.165, 1.54) is 4.90 Å². The van der Waals surface area contributed by atoms with Gasteiger partial charge in [-0.25, -0.2) is 4.79 Å². The molecule has 4 amide bonds. The van der Waals surface area contributed by atoms with Gasteiger partial charge in [-0.3, -0.25) is 14.9 Å². The lowest BCUT2D eigenvalue weighted by atomic mass is 10.0. The third-order valence-electron chi connectivity index (χ3n) is 4.52. The highest BCUT2D eigenvalue weighted by molar-refractivity contribution is 6.07. The molecule has 1 heterocycles. The maximum absolute atomic E-state index is 12.3. The summed E-state index contributed by atoms with van der Waals surface area (Å²) in [4.78, 5) is 37.0. The maximum Gasteiger partial charge on any atom is 0.325 e. The van der Waals surface area contributed by atoms with E-state index in [9.17, 15) is 19.5 Å². The summed E-state index contributed by atoms with van der Waals surface area (Å²) in [5.41, 5.74) is 0.815. The van der Waals surface area contributed by atoms with E-state index in [1.807, 2.05) is 24.3 Å². The van der Waals surface area contributed by atoms with Crippen LogP contribution in [0.2, 0.25) is 0 Å². The van der Waals surface area contributed by atoms with Crippen molar-refractivity contribution in [2.24, 2.45) is 0 Å². The molecule has 2 aliphatic rings. The van der Waals surface area contributed by atoms with Gasteiger partial charge in [-0.05, 0) is 25.0 Å². The molecule has 7 heteroatoms. The van der Waals surface area contributed by atoms with Crippen molar-refractivity contribution < 1.29 is 19.5 Å². The fourth-order valence-corrected chi connectivity index (χ4v) is 3.07. The van der Waals surface area contributed by atoms with E-state index in [0.29, 0.717) is 6.42 Å². The molecule has 1 fully saturated rings. The highest BCUT2D eigenvalue weighted by Crippen LogP contribution is 2.31. The van der Waals surface area contributed by atoms with Crippen LogP contribution in [0.3, 0.4) is 0 Å². The quantitative estimate of drug-likeness (QED) is 0.688. The summed E-state index contributed by atoms with van der Waals surface area (Å²) in [6, 6.07) is 6.45. The van der Waals surface area contributed by atoms with Crippen LogP contribution in [0.1, 0.15) is 31.0 Å². The van der Waals surface area contributed by atoms with Crippen molar-refractivity contribution in [2.45, 2.75) is 38.0 Å². The van der Waals surface area contributed by atoms with Crippen molar-refractivity contribution in [3.63, 3.8) is 0 Å². The van der Waals surface area contributed by atoms with Gasteiger partial charge in [0.15, 0.2) is 0 Å². The van der Waals surface area contributed by atoms with Gasteiger partial charge >= 0.3 is 6.03 Å². The molecular weight excluding hydrogens is 298 g/mol. The molecule has 0 saturated carbocycles. The number of aliphatic hydroxyl groups is 1. The number of fused-ring (bicyclic) bond motifs is 1. The zero-order valence-corrected chi connectivity index (χ0v) is 13.0. The highest BCUT2D eigenvalue weighted by Gasteiger charge is 2.46. The number of carbonyl (C=O) groups excluding carboxylic acids is 3. The molecule has 3 rings (SSSR count). The smallest absolute Gasteiger partial charge is 0.325 e. The molecule has 122 valence electrons. The molecule has 0 bridgehead atoms. The molecule has 3 N–H and O–H groups in total. The van der Waals surface area contributed by atoms with Crippen LogP contribution in [-0.2, 0) is 16.0 Å². The van der Waals surface area contributed by atoms with Gasteiger partial charge < -0.3 is 15.3 Å². The number of hydrogen-bond acceptors (Lipinski definition) is 4. The lowest BCUT2D eigenvalue weighted by molar-refractivity contribution is -0.127. The van der Waals surface area contributed by atoms with Gasteiger partial charge in [-0.1, -0.05) is 24.3 Å². The van der Waals surface area contributed by atoms with E-state index in [0.717, 1.165) is 11.1 Å². The Hall–Kier alpha value is -2.41. The number of carbonyl (C=O) groups is 3. The second-order valence-electron chi connectivity index (χ2n) is 6.42. The molecule has 0 spiro atoms. The van der Waals surface area contributed by atoms with Gasteiger partial charge in [0.25, 0.3) is 5.91 Å². The van der Waals surface area contributed by atoms with Crippen LogP contribution in [-0.4, -0.2) is 46.0 Å². The lowest BCUT2D eigenvalue weighted by Gasteiger charge is -2.28. The van der Waals surface area contributed by atoms with Crippen molar-refractivity contribution in [2.75, 3.05) is 6.54 Å². The molecule has 0 aromatic heterocycles. The lowest BCUT2D eigenvalue weighted by Crippen LogP contribution is -2.49. The Morgan fingerprint density at radius 1 is 1.39 bits per heavy atom. The summed E-state index contributed by atoms with van der Waals surface area (Å²) in [7, 11) is 0. The maximum atomic E-state index is 12.3. The van der Waals surface area contributed by atoms with Crippen molar-refractivity contribution in [1.82, 2.24) is 15.5 Å². The van der Waals surface area contributed by atoms with E-state index < -0.39 is 35.5 Å². The molecular formula is C16H19N3O4. The Kier molecular flexibility index (Phi) is 3.60. The van der Waals surface area contributed by atoms with Crippen LogP contribution in [0.4, 0.5) is 4.79 Å². The zero-order chi connectivity index (χ0) is 16.8. The summed E-state index contributed by atoms with van der Waals surface area (Å²) < 4.78 is 0. The van der Waals surface area contributed by atoms with Crippen molar-refractivity contribution in [3.8, 4) is 0 Å². The van der Waals surface area contributed by atoms with Crippen LogP contribution < -0.4 is 10.6 Å². The normalized spacial score (nSPS) is 25.3. The first-order valence-corrected chi connectivity index (χ1v) is 7.49. The largest absolute Gasteiger partial charge is 0.390 e. The second-order valence-corrected chi connectivity index (χ2v) is 6.42. The summed E-state index contributed by atoms with van der Waals surface area (Å²) >= 11 is 0. The van der Waals surface area contributed by atoms with E-state index in [2.05, 4.69) is 10.6 Å². The number of nitrogens with zero attached hydrogens (tertiary/aromatic N) is 1. The average molecular weight is 317 g/mol. The molecule has 2 unspecified atom stereocenters. The first-order chi connectivity index (χ1) is 10.8. The molecule has 1 saturated heterocycles. The Balaban J connectivity index is 1.71. The molecule has 1 aliphatic carbocycles. The standard InChI is InChI=1S/C16H19N3O4/c1-16(2)14(22)18-15(23)19(16)8-12(21)17-13-10-6-4-3-5-9(10)7-11(13)20/h3-6,11,13,20H,7-8H2,1-2H3,(H,17,21)(H,18,22,23). The summed E-state index contributed by atoms with van der Waals surface area (Å²) in [5.74, 6) is -0.842. The van der Waals surface area contributed by atoms with Gasteiger partial charge in [0.1, 0.15) is 12.1 Å². The molecule has 23 heavy (non-hydrogen) atoms. The zero-order valence-electron chi connectivity index (χ0n) is 13.0. The van der Waals surface area contributed by atoms with E-state index in [4.69, 9.17) is 0 Å². The number of benzene rings is 1. The first-order valence-electron chi connectivity index (χ1n) is 7.49. The number of rotatable bonds is 3. The minimum atomic E-state index is -1.07. The molecule has 1 aliphatic heterocycles. The van der Waals surface area contributed by atoms with E-state index >= 15 is 0 Å². The minimum absolute atomic E-state index is 0.240. The third kappa shape index (κ3) is 2.57. The predicted octanol–water partition coefficient (Wildman–Crippen LogP) is 0.0913. The fraction of sp³-hybridized carbons (Fsp3) is 0.438. The number of urea groups is 1. The predicted molar refractivity (Wildman–Crippen MR) is 81.4 cm³/mol. The first kappa shape index (κ1) is 15.5. The van der Waals surface area contributed by atoms with Crippen LogP contribution in [0.15, 0.2) is 24.3 Å². The van der Waals surface area contributed by atoms with E-state index in [1.54, 1.807) is 13.8 Å². The average Bonchev–Trinajstić information content (AvgIpc) is 2.89. The molecule has 7 nitrogen and oxygen atoms in total. The summed E-state index contributed by atoms with van der Waals surface area (Å²) in [5, 5.41) is 15.1. The Bertz CT molecular complexity index is 686. The molecule has 2 atom stereocenters.